The zero-order chi connectivity index (χ0) is 16.1. The third kappa shape index (κ3) is 4.12. The quantitative estimate of drug-likeness (QED) is 0.668. The van der Waals surface area contributed by atoms with Gasteiger partial charge in [-0.25, -0.2) is 4.98 Å². The van der Waals surface area contributed by atoms with Gasteiger partial charge in [0.15, 0.2) is 5.16 Å². The third-order valence-electron chi connectivity index (χ3n) is 4.41. The molecule has 1 N–H and O–H groups in total. The number of rotatable bonds is 5. The lowest BCUT2D eigenvalue weighted by Gasteiger charge is -2.31. The number of amides is 1. The monoisotopic (exact) mass is 323 g/mol. The standard InChI is InChI=1S/C16H25N3O2S/c1-4-13-11(2)15(21)18-16(17-13)22-10-14(20)19(3)12-8-6-5-7-9-12/h12H,4-10H2,1-3H3,(H,17,18,21). The van der Waals surface area contributed by atoms with Gasteiger partial charge in [-0.1, -0.05) is 37.9 Å². The number of hydrogen-bond donors (Lipinski definition) is 1. The Hall–Kier alpha value is -1.30. The van der Waals surface area contributed by atoms with Crippen LogP contribution in [0.25, 0.3) is 0 Å². The van der Waals surface area contributed by atoms with Gasteiger partial charge in [-0.2, -0.15) is 0 Å². The van der Waals surface area contributed by atoms with E-state index in [0.717, 1.165) is 25.0 Å². The van der Waals surface area contributed by atoms with Crippen LogP contribution in [0.1, 0.15) is 50.3 Å². The van der Waals surface area contributed by atoms with Crippen molar-refractivity contribution in [3.05, 3.63) is 21.6 Å². The van der Waals surface area contributed by atoms with Crippen molar-refractivity contribution in [2.24, 2.45) is 0 Å². The molecule has 0 atom stereocenters. The van der Waals surface area contributed by atoms with Crippen LogP contribution < -0.4 is 5.56 Å². The number of hydrogen-bond acceptors (Lipinski definition) is 4. The molecule has 0 radical (unpaired) electrons. The molecule has 1 aromatic rings. The van der Waals surface area contributed by atoms with E-state index in [1.54, 1.807) is 6.92 Å². The van der Waals surface area contributed by atoms with Crippen LogP contribution in [-0.2, 0) is 11.2 Å². The smallest absolute Gasteiger partial charge is 0.254 e. The van der Waals surface area contributed by atoms with E-state index in [4.69, 9.17) is 0 Å². The molecule has 0 bridgehead atoms. The van der Waals surface area contributed by atoms with Crippen molar-refractivity contribution < 1.29 is 4.79 Å². The molecule has 2 rings (SSSR count). The number of aryl methyl sites for hydroxylation is 1. The Kier molecular flexibility index (Phi) is 6.06. The molecule has 1 aromatic heterocycles. The second-order valence-corrected chi connectivity index (χ2v) is 6.85. The molecular formula is C16H25N3O2S. The van der Waals surface area contributed by atoms with Gasteiger partial charge in [-0.15, -0.1) is 0 Å². The minimum Gasteiger partial charge on any atom is -0.342 e. The summed E-state index contributed by atoms with van der Waals surface area (Å²) in [6.07, 6.45) is 6.63. The summed E-state index contributed by atoms with van der Waals surface area (Å²) in [5.74, 6) is 0.431. The Bertz CT molecular complexity index is 579. The average Bonchev–Trinajstić information content (AvgIpc) is 2.55. The van der Waals surface area contributed by atoms with Gasteiger partial charge in [0.1, 0.15) is 0 Å². The van der Waals surface area contributed by atoms with Crippen molar-refractivity contribution in [2.45, 2.75) is 63.6 Å². The SMILES string of the molecule is CCc1nc(SCC(=O)N(C)C2CCCCC2)[nH]c(=O)c1C. The first-order valence-corrected chi connectivity index (χ1v) is 8.99. The van der Waals surface area contributed by atoms with Crippen molar-refractivity contribution in [2.75, 3.05) is 12.8 Å². The molecule has 1 aliphatic rings. The van der Waals surface area contributed by atoms with Crippen LogP contribution in [0.2, 0.25) is 0 Å². The van der Waals surface area contributed by atoms with E-state index in [1.165, 1.54) is 31.0 Å². The molecule has 1 heterocycles. The number of nitrogens with one attached hydrogen (secondary N) is 1. The fourth-order valence-electron chi connectivity index (χ4n) is 2.87. The van der Waals surface area contributed by atoms with Crippen molar-refractivity contribution in [1.82, 2.24) is 14.9 Å². The second-order valence-electron chi connectivity index (χ2n) is 5.88. The van der Waals surface area contributed by atoms with E-state index in [2.05, 4.69) is 9.97 Å². The van der Waals surface area contributed by atoms with E-state index < -0.39 is 0 Å². The highest BCUT2D eigenvalue weighted by molar-refractivity contribution is 7.99. The van der Waals surface area contributed by atoms with E-state index in [-0.39, 0.29) is 11.5 Å². The van der Waals surface area contributed by atoms with Crippen LogP contribution in [0.5, 0.6) is 0 Å². The molecule has 0 unspecified atom stereocenters. The largest absolute Gasteiger partial charge is 0.342 e. The molecule has 5 nitrogen and oxygen atoms in total. The van der Waals surface area contributed by atoms with E-state index in [1.807, 2.05) is 18.9 Å². The highest BCUT2D eigenvalue weighted by Crippen LogP contribution is 2.22. The Labute approximate surface area is 135 Å². The molecule has 22 heavy (non-hydrogen) atoms. The highest BCUT2D eigenvalue weighted by Gasteiger charge is 2.22. The maximum atomic E-state index is 12.3. The predicted molar refractivity (Wildman–Crippen MR) is 89.3 cm³/mol. The van der Waals surface area contributed by atoms with Crippen molar-refractivity contribution in [3.8, 4) is 0 Å². The van der Waals surface area contributed by atoms with Gasteiger partial charge in [0, 0.05) is 18.7 Å². The minimum atomic E-state index is -0.109. The molecule has 122 valence electrons. The van der Waals surface area contributed by atoms with Gasteiger partial charge >= 0.3 is 0 Å². The van der Waals surface area contributed by atoms with Crippen LogP contribution in [0.15, 0.2) is 9.95 Å². The second kappa shape index (κ2) is 7.81. The topological polar surface area (TPSA) is 66.1 Å². The third-order valence-corrected chi connectivity index (χ3v) is 5.27. The number of aromatic nitrogens is 2. The molecule has 1 aliphatic carbocycles. The number of aromatic amines is 1. The first-order valence-electron chi connectivity index (χ1n) is 8.01. The lowest BCUT2D eigenvalue weighted by Crippen LogP contribution is -2.39. The van der Waals surface area contributed by atoms with Crippen molar-refractivity contribution >= 4 is 17.7 Å². The van der Waals surface area contributed by atoms with Crippen LogP contribution in [0.3, 0.4) is 0 Å². The van der Waals surface area contributed by atoms with E-state index >= 15 is 0 Å². The van der Waals surface area contributed by atoms with Gasteiger partial charge in [-0.05, 0) is 26.2 Å². The van der Waals surface area contributed by atoms with Crippen molar-refractivity contribution in [3.63, 3.8) is 0 Å². The summed E-state index contributed by atoms with van der Waals surface area (Å²) in [5, 5.41) is 0.540. The number of nitrogens with zero attached hydrogens (tertiary/aromatic N) is 2. The summed E-state index contributed by atoms with van der Waals surface area (Å²) in [6, 6.07) is 0.373. The molecule has 0 spiro atoms. The summed E-state index contributed by atoms with van der Waals surface area (Å²) in [6.45, 7) is 3.76. The Morgan fingerprint density at radius 3 is 2.68 bits per heavy atom. The van der Waals surface area contributed by atoms with Gasteiger partial charge in [-0.3, -0.25) is 9.59 Å². The van der Waals surface area contributed by atoms with Crippen LogP contribution in [0, 0.1) is 6.92 Å². The van der Waals surface area contributed by atoms with E-state index in [9.17, 15) is 9.59 Å². The fourth-order valence-corrected chi connectivity index (χ4v) is 3.68. The summed E-state index contributed by atoms with van der Waals surface area (Å²) in [7, 11) is 1.89. The summed E-state index contributed by atoms with van der Waals surface area (Å²) >= 11 is 1.32. The Morgan fingerprint density at radius 2 is 2.05 bits per heavy atom. The minimum absolute atomic E-state index is 0.109. The number of carbonyl (C=O) groups excluding carboxylic acids is 1. The first-order chi connectivity index (χ1) is 10.5. The molecule has 1 amide bonds. The molecule has 0 saturated heterocycles. The van der Waals surface area contributed by atoms with Crippen molar-refractivity contribution in [1.29, 1.82) is 0 Å². The van der Waals surface area contributed by atoms with Gasteiger partial charge in [0.2, 0.25) is 5.91 Å². The molecule has 1 fully saturated rings. The lowest BCUT2D eigenvalue weighted by molar-refractivity contribution is -0.129. The maximum Gasteiger partial charge on any atom is 0.254 e. The number of carbonyl (C=O) groups is 1. The van der Waals surface area contributed by atoms with Crippen LogP contribution in [-0.4, -0.2) is 39.6 Å². The Balaban J connectivity index is 1.96. The molecule has 0 aromatic carbocycles. The van der Waals surface area contributed by atoms with Crippen LogP contribution >= 0.6 is 11.8 Å². The fraction of sp³-hybridized carbons (Fsp3) is 0.688. The van der Waals surface area contributed by atoms with Gasteiger partial charge in [0.05, 0.1) is 11.4 Å². The van der Waals surface area contributed by atoms with E-state index in [0.29, 0.717) is 22.5 Å². The lowest BCUT2D eigenvalue weighted by atomic mass is 9.94. The summed E-state index contributed by atoms with van der Waals surface area (Å²) in [4.78, 5) is 33.2. The number of H-pyrrole nitrogens is 1. The Morgan fingerprint density at radius 1 is 1.36 bits per heavy atom. The molecule has 1 saturated carbocycles. The van der Waals surface area contributed by atoms with Gasteiger partial charge < -0.3 is 9.88 Å². The normalized spacial score (nSPS) is 15.8. The van der Waals surface area contributed by atoms with Gasteiger partial charge in [0.25, 0.3) is 5.56 Å². The molecular weight excluding hydrogens is 298 g/mol. The summed E-state index contributed by atoms with van der Waals surface area (Å²) in [5.41, 5.74) is 1.36. The zero-order valence-corrected chi connectivity index (χ0v) is 14.5. The highest BCUT2D eigenvalue weighted by atomic mass is 32.2. The molecule has 0 aliphatic heterocycles. The maximum absolute atomic E-state index is 12.3. The predicted octanol–water partition coefficient (Wildman–Crippen LogP) is 2.52. The summed E-state index contributed by atoms with van der Waals surface area (Å²) < 4.78 is 0. The number of thioether (sulfide) groups is 1. The zero-order valence-electron chi connectivity index (χ0n) is 13.6. The molecule has 6 heteroatoms. The average molecular weight is 323 g/mol. The first kappa shape index (κ1) is 17.1. The van der Waals surface area contributed by atoms with Crippen LogP contribution in [0.4, 0.5) is 0 Å².